The van der Waals surface area contributed by atoms with Crippen LogP contribution in [0.1, 0.15) is 75.0 Å². The van der Waals surface area contributed by atoms with E-state index in [2.05, 4.69) is 12.2 Å². The van der Waals surface area contributed by atoms with Gasteiger partial charge in [-0.25, -0.2) is 0 Å². The predicted octanol–water partition coefficient (Wildman–Crippen LogP) is 5.13. The fourth-order valence-corrected chi connectivity index (χ4v) is 5.62. The summed E-state index contributed by atoms with van der Waals surface area (Å²) in [5, 5.41) is 13.4. The van der Waals surface area contributed by atoms with E-state index in [1.807, 2.05) is 47.4 Å². The molecule has 4 rings (SSSR count). The smallest absolute Gasteiger partial charge is 0.309 e. The topological polar surface area (TPSA) is 97.3 Å². The van der Waals surface area contributed by atoms with Crippen LogP contribution in [0.5, 0.6) is 17.2 Å². The molecule has 2 heterocycles. The molecule has 0 saturated carbocycles. The van der Waals surface area contributed by atoms with E-state index in [1.54, 1.807) is 7.11 Å². The lowest BCUT2D eigenvalue weighted by Gasteiger charge is -2.27. The van der Waals surface area contributed by atoms with Gasteiger partial charge in [-0.1, -0.05) is 63.6 Å². The number of benzene rings is 2. The second-order valence-electron chi connectivity index (χ2n) is 10.2. The van der Waals surface area contributed by atoms with Crippen LogP contribution >= 0.6 is 0 Å². The van der Waals surface area contributed by atoms with Crippen LogP contribution in [0.15, 0.2) is 42.5 Å². The Morgan fingerprint density at radius 3 is 2.37 bits per heavy atom. The first kappa shape index (κ1) is 27.8. The summed E-state index contributed by atoms with van der Waals surface area (Å²) in [5.74, 6) is -0.0375. The largest absolute Gasteiger partial charge is 0.497 e. The molecule has 2 N–H and O–H groups in total. The van der Waals surface area contributed by atoms with Crippen LogP contribution in [0.3, 0.4) is 0 Å². The van der Waals surface area contributed by atoms with Crippen molar-refractivity contribution >= 4 is 11.9 Å². The maximum absolute atomic E-state index is 13.0. The highest BCUT2D eigenvalue weighted by Crippen LogP contribution is 2.47. The van der Waals surface area contributed by atoms with Crippen LogP contribution in [0.25, 0.3) is 0 Å². The summed E-state index contributed by atoms with van der Waals surface area (Å²) in [7, 11) is 1.60. The molecule has 3 unspecified atom stereocenters. The van der Waals surface area contributed by atoms with Crippen molar-refractivity contribution in [1.82, 2.24) is 10.2 Å². The predicted molar refractivity (Wildman–Crippen MR) is 145 cm³/mol. The Balaban J connectivity index is 1.47. The monoisotopic (exact) mass is 524 g/mol. The van der Waals surface area contributed by atoms with Gasteiger partial charge < -0.3 is 24.6 Å². The molecule has 2 aromatic rings. The number of nitrogens with one attached hydrogen (secondary N) is 1. The average Bonchev–Trinajstić information content (AvgIpc) is 3.54. The van der Waals surface area contributed by atoms with Gasteiger partial charge in [0.15, 0.2) is 11.5 Å². The fraction of sp³-hybridized carbons (Fsp3) is 0.533. The van der Waals surface area contributed by atoms with Gasteiger partial charge in [-0.05, 0) is 41.8 Å². The molecule has 206 valence electrons. The van der Waals surface area contributed by atoms with E-state index in [9.17, 15) is 14.7 Å². The lowest BCUT2D eigenvalue weighted by Crippen LogP contribution is -2.38. The summed E-state index contributed by atoms with van der Waals surface area (Å²) in [6, 6.07) is 12.6. The minimum Gasteiger partial charge on any atom is -0.497 e. The van der Waals surface area contributed by atoms with Crippen molar-refractivity contribution < 1.29 is 28.9 Å². The maximum atomic E-state index is 13.0. The highest BCUT2D eigenvalue weighted by Gasteiger charge is 2.48. The third-order valence-electron chi connectivity index (χ3n) is 7.61. The minimum atomic E-state index is -0.889. The van der Waals surface area contributed by atoms with Gasteiger partial charge in [-0.3, -0.25) is 14.5 Å². The van der Waals surface area contributed by atoms with Gasteiger partial charge in [-0.15, -0.1) is 0 Å². The van der Waals surface area contributed by atoms with Crippen LogP contribution in [0.4, 0.5) is 0 Å². The Morgan fingerprint density at radius 2 is 1.66 bits per heavy atom. The zero-order valence-corrected chi connectivity index (χ0v) is 22.5. The van der Waals surface area contributed by atoms with E-state index >= 15 is 0 Å². The van der Waals surface area contributed by atoms with E-state index in [4.69, 9.17) is 14.2 Å². The zero-order valence-electron chi connectivity index (χ0n) is 22.5. The number of carboxylic acid groups (broad SMARTS) is 1. The number of methoxy groups -OCH3 is 1. The summed E-state index contributed by atoms with van der Waals surface area (Å²) in [4.78, 5) is 27.7. The molecular weight excluding hydrogens is 484 g/mol. The Kier molecular flexibility index (Phi) is 9.87. The van der Waals surface area contributed by atoms with E-state index in [1.165, 1.54) is 32.1 Å². The van der Waals surface area contributed by atoms with Crippen molar-refractivity contribution in [3.8, 4) is 17.2 Å². The highest BCUT2D eigenvalue weighted by atomic mass is 16.7. The number of ether oxygens (including phenoxy) is 3. The summed E-state index contributed by atoms with van der Waals surface area (Å²) in [6.45, 7) is 3.59. The molecule has 0 aromatic heterocycles. The number of likely N-dealkylation sites (tertiary alicyclic amines) is 1. The van der Waals surface area contributed by atoms with Gasteiger partial charge in [0.25, 0.3) is 0 Å². The Hall–Kier alpha value is -3.26. The number of amides is 1. The number of carbonyl (C=O) groups is 2. The molecule has 2 aromatic carbocycles. The van der Waals surface area contributed by atoms with E-state index in [0.29, 0.717) is 30.3 Å². The highest BCUT2D eigenvalue weighted by molar-refractivity contribution is 5.79. The number of carbonyl (C=O) groups excluding carboxylic acids is 1. The minimum absolute atomic E-state index is 0.0787. The first-order chi connectivity index (χ1) is 18.5. The molecular formula is C30H40N2O6. The van der Waals surface area contributed by atoms with Crippen LogP contribution in [0, 0.1) is 5.92 Å². The van der Waals surface area contributed by atoms with Gasteiger partial charge in [0.2, 0.25) is 12.7 Å². The average molecular weight is 525 g/mol. The summed E-state index contributed by atoms with van der Waals surface area (Å²) >= 11 is 0. The van der Waals surface area contributed by atoms with Crippen molar-refractivity contribution in [2.75, 3.05) is 33.5 Å². The van der Waals surface area contributed by atoms with Crippen LogP contribution < -0.4 is 19.5 Å². The first-order valence-electron chi connectivity index (χ1n) is 13.8. The number of hydrogen-bond acceptors (Lipinski definition) is 6. The molecule has 0 spiro atoms. The molecule has 1 saturated heterocycles. The Bertz CT molecular complexity index is 1070. The van der Waals surface area contributed by atoms with Gasteiger partial charge in [0.05, 0.1) is 19.6 Å². The third-order valence-corrected chi connectivity index (χ3v) is 7.61. The molecule has 0 radical (unpaired) electrons. The Labute approximate surface area is 225 Å². The molecule has 1 fully saturated rings. The lowest BCUT2D eigenvalue weighted by molar-refractivity contribution is -0.143. The summed E-state index contributed by atoms with van der Waals surface area (Å²) < 4.78 is 16.3. The van der Waals surface area contributed by atoms with E-state index < -0.39 is 17.9 Å². The third kappa shape index (κ3) is 6.78. The molecule has 0 aliphatic carbocycles. The second kappa shape index (κ2) is 13.5. The quantitative estimate of drug-likeness (QED) is 0.331. The standard InChI is InChI=1S/C30H40N2O6/c1-3-4-5-6-7-8-9-16-31-27(33)19-32-18-24(22-12-15-25-26(17-22)38-20-37-25)28(30(34)35)29(32)21-10-13-23(36-2)14-11-21/h10-15,17,24,28-29H,3-9,16,18-20H2,1-2H3,(H,31,33)(H,34,35). The number of rotatable bonds is 14. The van der Waals surface area contributed by atoms with Crippen LogP contribution in [-0.4, -0.2) is 55.4 Å². The van der Waals surface area contributed by atoms with Crippen molar-refractivity contribution in [3.05, 3.63) is 53.6 Å². The van der Waals surface area contributed by atoms with Gasteiger partial charge in [0.1, 0.15) is 5.75 Å². The maximum Gasteiger partial charge on any atom is 0.309 e. The summed E-state index contributed by atoms with van der Waals surface area (Å²) in [5.41, 5.74) is 1.72. The number of unbranched alkanes of at least 4 members (excludes halogenated alkanes) is 6. The lowest BCUT2D eigenvalue weighted by atomic mass is 9.82. The van der Waals surface area contributed by atoms with E-state index in [-0.39, 0.29) is 25.2 Å². The normalized spacial score (nSPS) is 20.4. The zero-order chi connectivity index (χ0) is 26.9. The summed E-state index contributed by atoms with van der Waals surface area (Å²) in [6.07, 6.45) is 8.30. The molecule has 8 nitrogen and oxygen atoms in total. The van der Waals surface area contributed by atoms with E-state index in [0.717, 1.165) is 24.0 Å². The van der Waals surface area contributed by atoms with Crippen molar-refractivity contribution in [3.63, 3.8) is 0 Å². The molecule has 0 bridgehead atoms. The first-order valence-corrected chi connectivity index (χ1v) is 13.8. The molecule has 38 heavy (non-hydrogen) atoms. The van der Waals surface area contributed by atoms with Gasteiger partial charge in [-0.2, -0.15) is 0 Å². The van der Waals surface area contributed by atoms with Gasteiger partial charge >= 0.3 is 5.97 Å². The Morgan fingerprint density at radius 1 is 0.974 bits per heavy atom. The number of carboxylic acids is 1. The van der Waals surface area contributed by atoms with Crippen molar-refractivity contribution in [1.29, 1.82) is 0 Å². The molecule has 3 atom stereocenters. The molecule has 2 aliphatic rings. The number of aliphatic carboxylic acids is 1. The van der Waals surface area contributed by atoms with Gasteiger partial charge in [0, 0.05) is 25.0 Å². The molecule has 1 amide bonds. The van der Waals surface area contributed by atoms with Crippen LogP contribution in [0.2, 0.25) is 0 Å². The second-order valence-corrected chi connectivity index (χ2v) is 10.2. The molecule has 8 heteroatoms. The SMILES string of the molecule is CCCCCCCCCNC(=O)CN1CC(c2ccc3c(c2)OCO3)C(C(=O)O)C1c1ccc(OC)cc1. The number of nitrogens with zero attached hydrogens (tertiary/aromatic N) is 1. The fourth-order valence-electron chi connectivity index (χ4n) is 5.62. The van der Waals surface area contributed by atoms with Crippen LogP contribution in [-0.2, 0) is 9.59 Å². The number of fused-ring (bicyclic) bond motifs is 1. The van der Waals surface area contributed by atoms with Crippen molar-refractivity contribution in [2.45, 2.75) is 63.8 Å². The molecule has 2 aliphatic heterocycles. The van der Waals surface area contributed by atoms with Crippen molar-refractivity contribution in [2.24, 2.45) is 5.92 Å². The number of hydrogen-bond donors (Lipinski definition) is 2.